The Labute approximate surface area is 404 Å². The Hall–Kier alpha value is -2.11. The maximum absolute atomic E-state index is 12.8. The smallest absolute Gasteiger partial charge is 0.306 e. The van der Waals surface area contributed by atoms with Gasteiger partial charge in [-0.05, 0) is 70.6 Å². The zero-order chi connectivity index (χ0) is 47.2. The van der Waals surface area contributed by atoms with Crippen LogP contribution in [-0.2, 0) is 28.6 Å². The van der Waals surface area contributed by atoms with E-state index in [0.717, 1.165) is 70.6 Å². The van der Waals surface area contributed by atoms with Crippen molar-refractivity contribution in [1.29, 1.82) is 0 Å². The number of allylic oxidation sites excluding steroid dienone is 4. The molecular weight excluding hydrogens is 805 g/mol. The molecule has 382 valence electrons. The molecule has 0 spiro atoms. The van der Waals surface area contributed by atoms with Crippen molar-refractivity contribution in [2.45, 2.75) is 322 Å². The van der Waals surface area contributed by atoms with E-state index in [1.54, 1.807) is 0 Å². The third kappa shape index (κ3) is 52.7. The van der Waals surface area contributed by atoms with Crippen molar-refractivity contribution in [1.82, 2.24) is 0 Å². The number of carbonyl (C=O) groups is 3. The minimum atomic E-state index is -0.775. The second-order valence-corrected chi connectivity index (χ2v) is 19.6. The van der Waals surface area contributed by atoms with Crippen molar-refractivity contribution in [3.63, 3.8) is 0 Å². The highest BCUT2D eigenvalue weighted by molar-refractivity contribution is 5.71. The van der Waals surface area contributed by atoms with E-state index in [9.17, 15) is 14.4 Å². The molecule has 6 heteroatoms. The van der Waals surface area contributed by atoms with Gasteiger partial charge in [0.2, 0.25) is 0 Å². The Morgan fingerprint density at radius 2 is 0.508 bits per heavy atom. The van der Waals surface area contributed by atoms with Crippen LogP contribution in [0, 0.1) is 0 Å². The Morgan fingerprint density at radius 1 is 0.292 bits per heavy atom. The molecule has 0 aromatic rings. The summed E-state index contributed by atoms with van der Waals surface area (Å²) in [6, 6.07) is 0. The first-order chi connectivity index (χ1) is 32.0. The Bertz CT molecular complexity index is 1050. The molecule has 6 nitrogen and oxygen atoms in total. The average molecular weight is 916 g/mol. The molecule has 0 saturated heterocycles. The predicted molar refractivity (Wildman–Crippen MR) is 279 cm³/mol. The van der Waals surface area contributed by atoms with E-state index >= 15 is 0 Å². The van der Waals surface area contributed by atoms with Crippen LogP contribution >= 0.6 is 0 Å². The molecule has 0 aliphatic carbocycles. The number of rotatable bonds is 53. The van der Waals surface area contributed by atoms with Gasteiger partial charge < -0.3 is 14.2 Å². The summed E-state index contributed by atoms with van der Waals surface area (Å²) in [5.74, 6) is -0.872. The van der Waals surface area contributed by atoms with Crippen molar-refractivity contribution in [2.75, 3.05) is 13.2 Å². The van der Waals surface area contributed by atoms with Crippen LogP contribution in [0.1, 0.15) is 316 Å². The summed E-state index contributed by atoms with van der Waals surface area (Å²) in [4.78, 5) is 38.1. The average Bonchev–Trinajstić information content (AvgIpc) is 3.30. The van der Waals surface area contributed by atoms with E-state index in [-0.39, 0.29) is 31.1 Å². The molecule has 0 heterocycles. The molecule has 1 atom stereocenters. The van der Waals surface area contributed by atoms with Gasteiger partial charge >= 0.3 is 17.9 Å². The number of hydrogen-bond acceptors (Lipinski definition) is 6. The Morgan fingerprint density at radius 3 is 0.785 bits per heavy atom. The molecule has 0 amide bonds. The van der Waals surface area contributed by atoms with Gasteiger partial charge in [0.1, 0.15) is 13.2 Å². The highest BCUT2D eigenvalue weighted by Gasteiger charge is 2.19. The van der Waals surface area contributed by atoms with Gasteiger partial charge in [-0.1, -0.05) is 251 Å². The summed E-state index contributed by atoms with van der Waals surface area (Å²) in [6.07, 6.45) is 63.1. The summed E-state index contributed by atoms with van der Waals surface area (Å²) in [5.41, 5.74) is 0. The minimum Gasteiger partial charge on any atom is -0.462 e. The van der Waals surface area contributed by atoms with Gasteiger partial charge in [0.05, 0.1) is 0 Å². The zero-order valence-corrected chi connectivity index (χ0v) is 43.8. The first-order valence-corrected chi connectivity index (χ1v) is 28.8. The summed E-state index contributed by atoms with van der Waals surface area (Å²) >= 11 is 0. The fourth-order valence-electron chi connectivity index (χ4n) is 8.55. The van der Waals surface area contributed by atoms with Gasteiger partial charge in [0, 0.05) is 19.3 Å². The summed E-state index contributed by atoms with van der Waals surface area (Å²) in [7, 11) is 0. The second-order valence-electron chi connectivity index (χ2n) is 19.6. The van der Waals surface area contributed by atoms with Gasteiger partial charge in [-0.3, -0.25) is 14.4 Å². The highest BCUT2D eigenvalue weighted by Crippen LogP contribution is 2.17. The van der Waals surface area contributed by atoms with E-state index in [0.29, 0.717) is 19.3 Å². The van der Waals surface area contributed by atoms with Gasteiger partial charge in [-0.25, -0.2) is 0 Å². The molecule has 0 unspecified atom stereocenters. The van der Waals surface area contributed by atoms with Crippen LogP contribution in [0.5, 0.6) is 0 Å². The molecule has 0 bridgehead atoms. The van der Waals surface area contributed by atoms with Crippen LogP contribution in [0.25, 0.3) is 0 Å². The SMILES string of the molecule is CCCCCC/C=C\CCCCCCCC(=O)O[C@H](COC(=O)CCCCCCC/C=C\CCCCCCCC)COC(=O)CCCCCCCCCCCCCCCCCCCCC. The molecular formula is C59H110O6. The molecule has 0 aromatic heterocycles. The standard InChI is InChI=1S/C59H110O6/c1-4-7-10-13-16-19-22-25-27-28-29-30-32-35-37-40-43-46-49-52-58(61)64-55-56(65-59(62)53-50-47-44-41-38-33-24-21-18-15-12-9-6-3)54-63-57(60)51-48-45-42-39-36-34-31-26-23-20-17-14-11-8-5-2/h21,24,26,31,56H,4-20,22-23,25,27-30,32-55H2,1-3H3/b24-21-,31-26-/t56-/m1/s1. The van der Waals surface area contributed by atoms with Gasteiger partial charge in [-0.15, -0.1) is 0 Å². The predicted octanol–water partition coefficient (Wildman–Crippen LogP) is 19.1. The van der Waals surface area contributed by atoms with Crippen molar-refractivity contribution < 1.29 is 28.6 Å². The zero-order valence-electron chi connectivity index (χ0n) is 43.8. The Balaban J connectivity index is 4.31. The highest BCUT2D eigenvalue weighted by atomic mass is 16.6. The van der Waals surface area contributed by atoms with Crippen LogP contribution in [0.2, 0.25) is 0 Å². The maximum Gasteiger partial charge on any atom is 0.306 e. The van der Waals surface area contributed by atoms with Crippen LogP contribution < -0.4 is 0 Å². The fourth-order valence-corrected chi connectivity index (χ4v) is 8.55. The largest absolute Gasteiger partial charge is 0.462 e. The number of ether oxygens (including phenoxy) is 3. The van der Waals surface area contributed by atoms with Crippen molar-refractivity contribution in [2.24, 2.45) is 0 Å². The monoisotopic (exact) mass is 915 g/mol. The lowest BCUT2D eigenvalue weighted by atomic mass is 10.0. The quantitative estimate of drug-likeness (QED) is 0.0262. The van der Waals surface area contributed by atoms with E-state index in [1.165, 1.54) is 205 Å². The van der Waals surface area contributed by atoms with E-state index in [1.807, 2.05) is 0 Å². The van der Waals surface area contributed by atoms with Gasteiger partial charge in [0.25, 0.3) is 0 Å². The van der Waals surface area contributed by atoms with E-state index in [4.69, 9.17) is 14.2 Å². The van der Waals surface area contributed by atoms with Crippen molar-refractivity contribution in [3.05, 3.63) is 24.3 Å². The van der Waals surface area contributed by atoms with Crippen molar-refractivity contribution in [3.8, 4) is 0 Å². The van der Waals surface area contributed by atoms with Gasteiger partial charge in [-0.2, -0.15) is 0 Å². The second kappa shape index (κ2) is 54.5. The first kappa shape index (κ1) is 62.9. The van der Waals surface area contributed by atoms with Gasteiger partial charge in [0.15, 0.2) is 6.10 Å². The lowest BCUT2D eigenvalue weighted by Gasteiger charge is -2.18. The third-order valence-corrected chi connectivity index (χ3v) is 12.9. The van der Waals surface area contributed by atoms with Crippen LogP contribution in [0.4, 0.5) is 0 Å². The third-order valence-electron chi connectivity index (χ3n) is 12.9. The molecule has 0 aliphatic rings. The molecule has 0 fully saturated rings. The number of esters is 3. The maximum atomic E-state index is 12.8. The number of unbranched alkanes of at least 4 members (excludes halogenated alkanes) is 38. The topological polar surface area (TPSA) is 78.9 Å². The van der Waals surface area contributed by atoms with Crippen LogP contribution in [0.15, 0.2) is 24.3 Å². The van der Waals surface area contributed by atoms with E-state index in [2.05, 4.69) is 45.1 Å². The number of carbonyl (C=O) groups excluding carboxylic acids is 3. The normalized spacial score (nSPS) is 12.1. The summed E-state index contributed by atoms with van der Waals surface area (Å²) in [5, 5.41) is 0. The summed E-state index contributed by atoms with van der Waals surface area (Å²) in [6.45, 7) is 6.65. The molecule has 0 saturated carbocycles. The lowest BCUT2D eigenvalue weighted by molar-refractivity contribution is -0.167. The van der Waals surface area contributed by atoms with E-state index < -0.39 is 6.10 Å². The molecule has 0 aromatic carbocycles. The molecule has 0 radical (unpaired) electrons. The molecule has 0 rings (SSSR count). The number of hydrogen-bond donors (Lipinski definition) is 0. The van der Waals surface area contributed by atoms with Crippen LogP contribution in [0.3, 0.4) is 0 Å². The molecule has 65 heavy (non-hydrogen) atoms. The van der Waals surface area contributed by atoms with Crippen LogP contribution in [-0.4, -0.2) is 37.2 Å². The first-order valence-electron chi connectivity index (χ1n) is 28.8. The Kier molecular flexibility index (Phi) is 52.7. The lowest BCUT2D eigenvalue weighted by Crippen LogP contribution is -2.30. The molecule has 0 aliphatic heterocycles. The summed E-state index contributed by atoms with van der Waals surface area (Å²) < 4.78 is 16.9. The molecule has 0 N–H and O–H groups in total. The van der Waals surface area contributed by atoms with Crippen molar-refractivity contribution >= 4 is 17.9 Å². The fraction of sp³-hybridized carbons (Fsp3) is 0.881. The minimum absolute atomic E-state index is 0.0729.